The van der Waals surface area contributed by atoms with Crippen LogP contribution in [0.5, 0.6) is 5.75 Å². The number of hydrogen-bond donors (Lipinski definition) is 1. The Morgan fingerprint density at radius 1 is 1.15 bits per heavy atom. The third-order valence-corrected chi connectivity index (χ3v) is 4.63. The van der Waals surface area contributed by atoms with Gasteiger partial charge in [-0.25, -0.2) is 4.39 Å². The van der Waals surface area contributed by atoms with Crippen LogP contribution in [-0.2, 0) is 9.59 Å². The highest BCUT2D eigenvalue weighted by Gasteiger charge is 2.41. The predicted molar refractivity (Wildman–Crippen MR) is 93.4 cm³/mol. The zero-order valence-corrected chi connectivity index (χ0v) is 14.3. The first kappa shape index (κ1) is 17.9. The Hall–Kier alpha value is -2.89. The summed E-state index contributed by atoms with van der Waals surface area (Å²) in [5.74, 6) is -2.34. The Kier molecular flexibility index (Phi) is 5.21. The number of ether oxygens (including phenoxy) is 1. The van der Waals surface area contributed by atoms with Crippen molar-refractivity contribution >= 4 is 11.9 Å². The van der Waals surface area contributed by atoms with Gasteiger partial charge in [0.15, 0.2) is 6.10 Å². The molecule has 1 saturated heterocycles. The van der Waals surface area contributed by atoms with E-state index < -0.39 is 23.8 Å². The van der Waals surface area contributed by atoms with E-state index in [-0.39, 0.29) is 24.1 Å². The fourth-order valence-electron chi connectivity index (χ4n) is 3.32. The number of carbonyl (C=O) groups excluding carboxylic acids is 1. The predicted octanol–water partition coefficient (Wildman–Crippen LogP) is 2.92. The lowest BCUT2D eigenvalue weighted by Crippen LogP contribution is -2.39. The number of halogens is 1. The molecule has 136 valence electrons. The number of carboxylic acid groups (broad SMARTS) is 1. The number of aliphatic carboxylic acids is 1. The Labute approximate surface area is 151 Å². The second kappa shape index (κ2) is 7.56. The number of rotatable bonds is 5. The van der Waals surface area contributed by atoms with Crippen molar-refractivity contribution in [3.05, 3.63) is 66.0 Å². The lowest BCUT2D eigenvalue weighted by Gasteiger charge is -2.22. The molecule has 1 fully saturated rings. The van der Waals surface area contributed by atoms with Crippen LogP contribution in [-0.4, -0.2) is 41.1 Å². The number of likely N-dealkylation sites (tertiary alicyclic amines) is 1. The number of benzene rings is 2. The molecule has 26 heavy (non-hydrogen) atoms. The van der Waals surface area contributed by atoms with Gasteiger partial charge in [-0.2, -0.15) is 0 Å². The van der Waals surface area contributed by atoms with Gasteiger partial charge >= 0.3 is 5.97 Å². The van der Waals surface area contributed by atoms with Crippen molar-refractivity contribution in [1.82, 2.24) is 4.90 Å². The molecule has 1 heterocycles. The molecule has 3 atom stereocenters. The van der Waals surface area contributed by atoms with E-state index in [2.05, 4.69) is 0 Å². The van der Waals surface area contributed by atoms with E-state index in [4.69, 9.17) is 4.74 Å². The number of carbonyl (C=O) groups is 2. The second-order valence-electron chi connectivity index (χ2n) is 6.42. The molecule has 1 aliphatic heterocycles. The summed E-state index contributed by atoms with van der Waals surface area (Å²) in [5.41, 5.74) is 0.897. The maximum absolute atomic E-state index is 13.3. The molecule has 0 aliphatic carbocycles. The Morgan fingerprint density at radius 3 is 2.54 bits per heavy atom. The molecule has 0 radical (unpaired) electrons. The summed E-state index contributed by atoms with van der Waals surface area (Å²) < 4.78 is 18.8. The van der Waals surface area contributed by atoms with Crippen molar-refractivity contribution in [3.8, 4) is 5.75 Å². The highest BCUT2D eigenvalue weighted by molar-refractivity contribution is 5.83. The second-order valence-corrected chi connectivity index (χ2v) is 6.42. The molecule has 1 aliphatic rings. The monoisotopic (exact) mass is 357 g/mol. The Morgan fingerprint density at radius 2 is 1.88 bits per heavy atom. The van der Waals surface area contributed by atoms with Crippen molar-refractivity contribution in [2.45, 2.75) is 18.9 Å². The Bertz CT molecular complexity index is 795. The zero-order chi connectivity index (χ0) is 18.7. The number of carboxylic acids is 1. The van der Waals surface area contributed by atoms with Crippen molar-refractivity contribution in [2.75, 3.05) is 13.1 Å². The molecule has 0 bridgehead atoms. The molecule has 1 amide bonds. The first-order valence-electron chi connectivity index (χ1n) is 8.44. The van der Waals surface area contributed by atoms with Gasteiger partial charge < -0.3 is 14.7 Å². The van der Waals surface area contributed by atoms with Gasteiger partial charge in [0.2, 0.25) is 0 Å². The molecule has 3 rings (SSSR count). The van der Waals surface area contributed by atoms with Crippen LogP contribution in [0.4, 0.5) is 4.39 Å². The van der Waals surface area contributed by atoms with E-state index >= 15 is 0 Å². The molecule has 0 spiro atoms. The van der Waals surface area contributed by atoms with Gasteiger partial charge in [0.1, 0.15) is 11.6 Å². The van der Waals surface area contributed by atoms with E-state index in [9.17, 15) is 19.1 Å². The molecule has 6 heteroatoms. The van der Waals surface area contributed by atoms with Gasteiger partial charge in [0.25, 0.3) is 5.91 Å². The van der Waals surface area contributed by atoms with Gasteiger partial charge in [-0.15, -0.1) is 0 Å². The van der Waals surface area contributed by atoms with Crippen LogP contribution >= 0.6 is 0 Å². The summed E-state index contributed by atoms with van der Waals surface area (Å²) in [7, 11) is 0. The highest BCUT2D eigenvalue weighted by Crippen LogP contribution is 2.33. The minimum absolute atomic E-state index is 0.130. The molecule has 0 aromatic heterocycles. The fourth-order valence-corrected chi connectivity index (χ4v) is 3.32. The van der Waals surface area contributed by atoms with Crippen LogP contribution in [0, 0.1) is 11.7 Å². The smallest absolute Gasteiger partial charge is 0.308 e. The SMILES string of the molecule is CC(Oc1cccc(F)c1)C(=O)N1CC(C(=O)O)C(c2ccccc2)C1. The summed E-state index contributed by atoms with van der Waals surface area (Å²) in [6.45, 7) is 2.03. The summed E-state index contributed by atoms with van der Waals surface area (Å²) in [6, 6.07) is 14.9. The summed E-state index contributed by atoms with van der Waals surface area (Å²) >= 11 is 0. The van der Waals surface area contributed by atoms with E-state index in [1.807, 2.05) is 30.3 Å². The maximum Gasteiger partial charge on any atom is 0.308 e. The lowest BCUT2D eigenvalue weighted by atomic mass is 9.89. The van der Waals surface area contributed by atoms with E-state index in [0.717, 1.165) is 5.56 Å². The standard InChI is InChI=1S/C20H20FNO4/c1-13(26-16-9-5-8-15(21)10-16)19(23)22-11-17(18(12-22)20(24)25)14-6-3-2-4-7-14/h2-10,13,17-18H,11-12H2,1H3,(H,24,25). The third kappa shape index (κ3) is 3.85. The van der Waals surface area contributed by atoms with Gasteiger partial charge in [-0.3, -0.25) is 9.59 Å². The summed E-state index contributed by atoms with van der Waals surface area (Å²) in [6.07, 6.45) is -0.833. The minimum atomic E-state index is -0.923. The number of amides is 1. The highest BCUT2D eigenvalue weighted by atomic mass is 19.1. The summed E-state index contributed by atoms with van der Waals surface area (Å²) in [5, 5.41) is 9.54. The Balaban J connectivity index is 1.72. The minimum Gasteiger partial charge on any atom is -0.481 e. The van der Waals surface area contributed by atoms with Gasteiger partial charge in [0, 0.05) is 25.1 Å². The topological polar surface area (TPSA) is 66.8 Å². The average Bonchev–Trinajstić information content (AvgIpc) is 3.07. The largest absolute Gasteiger partial charge is 0.481 e. The van der Waals surface area contributed by atoms with Crippen LogP contribution in [0.15, 0.2) is 54.6 Å². The van der Waals surface area contributed by atoms with Gasteiger partial charge in [-0.05, 0) is 24.6 Å². The van der Waals surface area contributed by atoms with Crippen molar-refractivity contribution < 1.29 is 23.8 Å². The quantitative estimate of drug-likeness (QED) is 0.893. The molecule has 2 aromatic rings. The van der Waals surface area contributed by atoms with Crippen LogP contribution in [0.3, 0.4) is 0 Å². The van der Waals surface area contributed by atoms with Crippen molar-refractivity contribution in [1.29, 1.82) is 0 Å². The first-order valence-corrected chi connectivity index (χ1v) is 8.44. The number of hydrogen-bond acceptors (Lipinski definition) is 3. The fraction of sp³-hybridized carbons (Fsp3) is 0.300. The van der Waals surface area contributed by atoms with E-state index in [0.29, 0.717) is 6.54 Å². The van der Waals surface area contributed by atoms with E-state index in [1.54, 1.807) is 13.0 Å². The molecule has 3 unspecified atom stereocenters. The average molecular weight is 357 g/mol. The molecular formula is C20H20FNO4. The van der Waals surface area contributed by atoms with Crippen LogP contribution < -0.4 is 4.74 Å². The summed E-state index contributed by atoms with van der Waals surface area (Å²) in [4.78, 5) is 25.8. The van der Waals surface area contributed by atoms with Crippen molar-refractivity contribution in [2.24, 2.45) is 5.92 Å². The molecule has 2 aromatic carbocycles. The molecule has 5 nitrogen and oxygen atoms in total. The molecule has 0 saturated carbocycles. The van der Waals surface area contributed by atoms with Crippen LogP contribution in [0.1, 0.15) is 18.4 Å². The normalized spacial score (nSPS) is 20.6. The molecular weight excluding hydrogens is 337 g/mol. The first-order chi connectivity index (χ1) is 12.5. The molecule has 1 N–H and O–H groups in total. The van der Waals surface area contributed by atoms with Gasteiger partial charge in [0.05, 0.1) is 5.92 Å². The zero-order valence-electron chi connectivity index (χ0n) is 14.3. The van der Waals surface area contributed by atoms with Gasteiger partial charge in [-0.1, -0.05) is 36.4 Å². The van der Waals surface area contributed by atoms with Crippen LogP contribution in [0.2, 0.25) is 0 Å². The lowest BCUT2D eigenvalue weighted by molar-refractivity contribution is -0.142. The third-order valence-electron chi connectivity index (χ3n) is 4.63. The van der Waals surface area contributed by atoms with E-state index in [1.165, 1.54) is 23.1 Å². The number of nitrogens with zero attached hydrogens (tertiary/aromatic N) is 1. The maximum atomic E-state index is 13.3. The van der Waals surface area contributed by atoms with Crippen LogP contribution in [0.25, 0.3) is 0 Å². The van der Waals surface area contributed by atoms with Crippen molar-refractivity contribution in [3.63, 3.8) is 0 Å².